The van der Waals surface area contributed by atoms with E-state index >= 15 is 0 Å². The second-order valence-corrected chi connectivity index (χ2v) is 14.1. The second kappa shape index (κ2) is 11.2. The van der Waals surface area contributed by atoms with Gasteiger partial charge in [-0.1, -0.05) is 188 Å². The van der Waals surface area contributed by atoms with Crippen molar-refractivity contribution in [3.63, 3.8) is 0 Å². The fourth-order valence-electron chi connectivity index (χ4n) is 8.78. The zero-order valence-corrected chi connectivity index (χ0v) is 28.8. The van der Waals surface area contributed by atoms with Crippen molar-refractivity contribution in [2.24, 2.45) is 0 Å². The quantitative estimate of drug-likeness (QED) is 0.161. The Morgan fingerprint density at radius 2 is 0.704 bits per heavy atom. The fourth-order valence-corrected chi connectivity index (χ4v) is 8.78. The van der Waals surface area contributed by atoms with Gasteiger partial charge in [0, 0.05) is 0 Å². The van der Waals surface area contributed by atoms with E-state index in [4.69, 9.17) is 2.74 Å². The maximum absolute atomic E-state index is 10.1. The second-order valence-electron chi connectivity index (χ2n) is 14.1. The molecule has 0 aliphatic heterocycles. The molecule has 0 atom stereocenters. The Bertz CT molecular complexity index is 3920. The van der Waals surface area contributed by atoms with Crippen LogP contribution >= 0.6 is 0 Å². The van der Waals surface area contributed by atoms with Gasteiger partial charge >= 0.3 is 0 Å². The lowest BCUT2D eigenvalue weighted by Crippen LogP contribution is -1.93. The van der Waals surface area contributed by atoms with Crippen molar-refractivity contribution in [3.05, 3.63) is 194 Å². The first-order valence-corrected chi connectivity index (χ1v) is 18.1. The number of rotatable bonds is 4. The Morgan fingerprint density at radius 1 is 0.259 bits per heavy atom. The third-order valence-corrected chi connectivity index (χ3v) is 11.2. The Balaban J connectivity index is 1.28. The predicted octanol–water partition coefficient (Wildman–Crippen LogP) is 15.3. The van der Waals surface area contributed by atoms with E-state index < -0.39 is 18.1 Å². The van der Waals surface area contributed by atoms with E-state index in [0.29, 0.717) is 16.7 Å². The average Bonchev–Trinajstić information content (AvgIpc) is 3.31. The topological polar surface area (TPSA) is 0 Å². The first-order chi connectivity index (χ1) is 30.5. The molecule has 12 rings (SSSR count). The summed E-state index contributed by atoms with van der Waals surface area (Å²) in [6, 6.07) is 42.1. The van der Waals surface area contributed by atoms with E-state index in [9.17, 15) is 9.60 Å². The molecule has 0 bridgehead atoms. The summed E-state index contributed by atoms with van der Waals surface area (Å²) < 4.78 is 86.8. The van der Waals surface area contributed by atoms with E-state index in [-0.39, 0.29) is 74.8 Å². The molecular formula is C54H32. The third kappa shape index (κ3) is 4.20. The molecule has 0 fully saturated rings. The zero-order chi connectivity index (χ0) is 43.2. The van der Waals surface area contributed by atoms with E-state index in [1.54, 1.807) is 24.3 Å². The van der Waals surface area contributed by atoms with Crippen LogP contribution in [0, 0.1) is 0 Å². The maximum atomic E-state index is 10.1. The van der Waals surface area contributed by atoms with Gasteiger partial charge in [0.1, 0.15) is 0 Å². The van der Waals surface area contributed by atoms with Gasteiger partial charge in [-0.05, 0) is 126 Å². The summed E-state index contributed by atoms with van der Waals surface area (Å²) in [6.07, 6.45) is 0. The first-order valence-electron chi connectivity index (χ1n) is 22.6. The molecule has 0 spiro atoms. The summed E-state index contributed by atoms with van der Waals surface area (Å²) >= 11 is 0. The van der Waals surface area contributed by atoms with E-state index in [0.717, 1.165) is 64.6 Å². The van der Waals surface area contributed by atoms with Crippen LogP contribution in [0.1, 0.15) is 12.3 Å². The Morgan fingerprint density at radius 3 is 1.26 bits per heavy atom. The van der Waals surface area contributed by atoms with Crippen LogP contribution in [0.3, 0.4) is 0 Å². The van der Waals surface area contributed by atoms with Crippen LogP contribution in [-0.4, -0.2) is 0 Å². The minimum absolute atomic E-state index is 0.0219. The molecular weight excluding hydrogens is 649 g/mol. The molecule has 0 heterocycles. The van der Waals surface area contributed by atoms with Crippen molar-refractivity contribution < 1.29 is 12.3 Å². The molecule has 0 N–H and O–H groups in total. The van der Waals surface area contributed by atoms with Gasteiger partial charge in [0.05, 0.1) is 12.3 Å². The molecule has 248 valence electrons. The van der Waals surface area contributed by atoms with Gasteiger partial charge in [-0.25, -0.2) is 0 Å². The van der Waals surface area contributed by atoms with Crippen LogP contribution in [0.15, 0.2) is 194 Å². The standard InChI is InChI=1S/C54H32/c1-2-8-33(9-3-1)40-24-27-46(45-26-21-39-19-17-35-11-7-13-37-23-29-49(45)54(39)52(35)37)50(32-40)47-31-30-43(41-14-4-5-15-42(41)47)44-25-20-38-18-16-34-10-6-12-36-22-28-48(44)53(38)51(34)36/h1-32H/i4D,5D,14D,15D,24D,27D,30D,31D,32D. The SMILES string of the molecule is [2H]c1c([2H])c(-c2ccc3ccc4cccc5ccc2c3c45)c(-c2c([2H])c([2H])c(-c3ccc4ccc5cccc6ccc3c4c56)c3c([2H])c([2H])c([2H])c([2H])c23)c([2H])c1-c1ccccc1. The molecule has 0 aliphatic carbocycles. The molecule has 54 heavy (non-hydrogen) atoms. The molecule has 0 aliphatic rings. The van der Waals surface area contributed by atoms with Crippen molar-refractivity contribution in [1.29, 1.82) is 0 Å². The normalized spacial score (nSPS) is 14.4. The summed E-state index contributed by atoms with van der Waals surface area (Å²) in [7, 11) is 0. The van der Waals surface area contributed by atoms with Gasteiger partial charge in [-0.2, -0.15) is 0 Å². The van der Waals surface area contributed by atoms with Crippen molar-refractivity contribution in [1.82, 2.24) is 0 Å². The molecule has 0 saturated heterocycles. The lowest BCUT2D eigenvalue weighted by Gasteiger charge is -2.20. The summed E-state index contributed by atoms with van der Waals surface area (Å²) in [5.41, 5.74) is 2.11. The van der Waals surface area contributed by atoms with E-state index in [2.05, 4.69) is 42.5 Å². The Labute approximate surface area is 325 Å². The average molecular weight is 690 g/mol. The van der Waals surface area contributed by atoms with Gasteiger partial charge in [-0.3, -0.25) is 0 Å². The molecule has 0 unspecified atom stereocenters. The van der Waals surface area contributed by atoms with Crippen LogP contribution < -0.4 is 0 Å². The third-order valence-electron chi connectivity index (χ3n) is 11.2. The summed E-state index contributed by atoms with van der Waals surface area (Å²) in [4.78, 5) is 0. The largest absolute Gasteiger partial charge is 0.0636 e. The molecule has 12 aromatic carbocycles. The van der Waals surface area contributed by atoms with Crippen molar-refractivity contribution in [3.8, 4) is 44.5 Å². The van der Waals surface area contributed by atoms with Gasteiger partial charge in [0.15, 0.2) is 0 Å². The molecule has 0 radical (unpaired) electrons. The van der Waals surface area contributed by atoms with Crippen molar-refractivity contribution in [2.75, 3.05) is 0 Å². The highest BCUT2D eigenvalue weighted by molar-refractivity contribution is 6.28. The molecule has 12 aromatic rings. The van der Waals surface area contributed by atoms with Crippen LogP contribution in [0.4, 0.5) is 0 Å². The maximum Gasteiger partial charge on any atom is 0.0636 e. The predicted molar refractivity (Wildman–Crippen MR) is 233 cm³/mol. The van der Waals surface area contributed by atoms with Gasteiger partial charge in [0.25, 0.3) is 0 Å². The minimum atomic E-state index is -0.519. The van der Waals surface area contributed by atoms with Crippen LogP contribution in [-0.2, 0) is 0 Å². The highest BCUT2D eigenvalue weighted by Gasteiger charge is 2.19. The van der Waals surface area contributed by atoms with Gasteiger partial charge in [-0.15, -0.1) is 0 Å². The molecule has 0 nitrogen and oxygen atoms in total. The van der Waals surface area contributed by atoms with Crippen molar-refractivity contribution in [2.45, 2.75) is 0 Å². The summed E-state index contributed by atoms with van der Waals surface area (Å²) in [6.45, 7) is 0. The first kappa shape index (κ1) is 22.1. The number of hydrogen-bond donors (Lipinski definition) is 0. The molecule has 0 amide bonds. The fraction of sp³-hybridized carbons (Fsp3) is 0. The van der Waals surface area contributed by atoms with E-state index in [1.165, 1.54) is 0 Å². The van der Waals surface area contributed by atoms with Gasteiger partial charge < -0.3 is 0 Å². The Kier molecular flexibility index (Phi) is 4.61. The van der Waals surface area contributed by atoms with Crippen LogP contribution in [0.25, 0.3) is 120 Å². The number of hydrogen-bond acceptors (Lipinski definition) is 0. The Hall–Kier alpha value is -7.02. The monoisotopic (exact) mass is 689 g/mol. The van der Waals surface area contributed by atoms with E-state index in [1.807, 2.05) is 72.8 Å². The number of benzene rings is 12. The molecule has 0 aromatic heterocycles. The highest BCUT2D eigenvalue weighted by Crippen LogP contribution is 2.47. The van der Waals surface area contributed by atoms with Crippen LogP contribution in [0.5, 0.6) is 0 Å². The van der Waals surface area contributed by atoms with Gasteiger partial charge in [0.2, 0.25) is 0 Å². The lowest BCUT2D eigenvalue weighted by atomic mass is 9.83. The van der Waals surface area contributed by atoms with Crippen molar-refractivity contribution >= 4 is 75.4 Å². The lowest BCUT2D eigenvalue weighted by molar-refractivity contribution is 1.59. The number of fused-ring (bicyclic) bond motifs is 1. The summed E-state index contributed by atoms with van der Waals surface area (Å²) in [5, 5.41) is 11.6. The smallest absolute Gasteiger partial charge is 0.0622 e. The van der Waals surface area contributed by atoms with Crippen LogP contribution in [0.2, 0.25) is 0 Å². The molecule has 0 saturated carbocycles. The summed E-state index contributed by atoms with van der Waals surface area (Å²) in [5.74, 6) is 0. The highest BCUT2D eigenvalue weighted by atomic mass is 14.2. The zero-order valence-electron chi connectivity index (χ0n) is 37.8. The minimum Gasteiger partial charge on any atom is -0.0622 e. The molecule has 0 heteroatoms.